The molecule has 0 amide bonds. The zero-order chi connectivity index (χ0) is 20.5. The van der Waals surface area contributed by atoms with Crippen LogP contribution < -0.4 is 4.74 Å². The first-order valence-corrected chi connectivity index (χ1v) is 9.60. The lowest BCUT2D eigenvalue weighted by atomic mass is 9.79. The summed E-state index contributed by atoms with van der Waals surface area (Å²) in [6, 6.07) is 14.0. The Kier molecular flexibility index (Phi) is 4.96. The van der Waals surface area contributed by atoms with Crippen LogP contribution in [0.2, 0.25) is 0 Å². The minimum Gasteiger partial charge on any atom is -0.482 e. The molecule has 2 heterocycles. The summed E-state index contributed by atoms with van der Waals surface area (Å²) in [4.78, 5) is 24.0. The summed E-state index contributed by atoms with van der Waals surface area (Å²) in [5, 5.41) is 13.2. The molecule has 0 saturated carbocycles. The molecule has 0 aliphatic carbocycles. The molecular formula is C22H22N2O5. The number of para-hydroxylation sites is 2. The molecule has 1 aliphatic heterocycles. The Morgan fingerprint density at radius 3 is 2.66 bits per heavy atom. The first-order chi connectivity index (χ1) is 14.0. The Morgan fingerprint density at radius 1 is 1.17 bits per heavy atom. The van der Waals surface area contributed by atoms with Crippen LogP contribution in [0.15, 0.2) is 54.7 Å². The Labute approximate surface area is 168 Å². The zero-order valence-electron chi connectivity index (χ0n) is 16.3. The number of nitrogens with zero attached hydrogens (tertiary/aromatic N) is 2. The third-order valence-electron chi connectivity index (χ3n) is 5.43. The highest BCUT2D eigenvalue weighted by Crippen LogP contribution is 2.44. The lowest BCUT2D eigenvalue weighted by Crippen LogP contribution is -2.47. The van der Waals surface area contributed by atoms with E-state index in [1.807, 2.05) is 60.3 Å². The maximum atomic E-state index is 12.2. The van der Waals surface area contributed by atoms with Crippen molar-refractivity contribution in [3.8, 4) is 5.75 Å². The molecule has 3 aromatic rings. The van der Waals surface area contributed by atoms with E-state index in [0.717, 1.165) is 22.0 Å². The van der Waals surface area contributed by atoms with Gasteiger partial charge in [-0.3, -0.25) is 14.9 Å². The van der Waals surface area contributed by atoms with E-state index in [0.29, 0.717) is 5.75 Å². The van der Waals surface area contributed by atoms with Gasteiger partial charge in [-0.15, -0.1) is 0 Å². The number of fused-ring (bicyclic) bond motifs is 2. The van der Waals surface area contributed by atoms with E-state index in [-0.39, 0.29) is 18.0 Å². The molecular weight excluding hydrogens is 372 g/mol. The van der Waals surface area contributed by atoms with Gasteiger partial charge in [-0.05, 0) is 24.6 Å². The second-order valence-corrected chi connectivity index (χ2v) is 7.17. The number of nitro groups is 1. The molecule has 0 unspecified atom stereocenters. The SMILES string of the molecule is CCOC(=O)C[C@@H]1Oc2ccccc2[C@H](c2cn(C)c3ccccc23)[C@H]1[N+](=O)[O-]. The molecule has 0 bridgehead atoms. The Hall–Kier alpha value is -3.35. The highest BCUT2D eigenvalue weighted by molar-refractivity contribution is 5.85. The van der Waals surface area contributed by atoms with Crippen molar-refractivity contribution in [2.45, 2.75) is 31.4 Å². The molecule has 7 nitrogen and oxygen atoms in total. The van der Waals surface area contributed by atoms with Crippen LogP contribution in [0.3, 0.4) is 0 Å². The largest absolute Gasteiger partial charge is 0.482 e. The summed E-state index contributed by atoms with van der Waals surface area (Å²) in [6.07, 6.45) is 0.854. The second kappa shape index (κ2) is 7.58. The van der Waals surface area contributed by atoms with Gasteiger partial charge in [-0.1, -0.05) is 36.4 Å². The summed E-state index contributed by atoms with van der Waals surface area (Å²) < 4.78 is 12.9. The van der Waals surface area contributed by atoms with Crippen molar-refractivity contribution in [3.05, 3.63) is 76.0 Å². The van der Waals surface area contributed by atoms with Crippen molar-refractivity contribution in [2.75, 3.05) is 6.61 Å². The zero-order valence-corrected chi connectivity index (χ0v) is 16.3. The van der Waals surface area contributed by atoms with E-state index in [1.54, 1.807) is 13.0 Å². The van der Waals surface area contributed by atoms with Crippen molar-refractivity contribution < 1.29 is 19.2 Å². The summed E-state index contributed by atoms with van der Waals surface area (Å²) in [5.74, 6) is -0.473. The fourth-order valence-corrected chi connectivity index (χ4v) is 4.25. The van der Waals surface area contributed by atoms with Gasteiger partial charge in [0.25, 0.3) is 6.04 Å². The van der Waals surface area contributed by atoms with Crippen molar-refractivity contribution >= 4 is 16.9 Å². The number of ether oxygens (including phenoxy) is 2. The van der Waals surface area contributed by atoms with Gasteiger partial charge in [0.05, 0.1) is 18.9 Å². The maximum absolute atomic E-state index is 12.2. The molecule has 1 aromatic heterocycles. The first kappa shape index (κ1) is 19.0. The predicted octanol–water partition coefficient (Wildman–Crippen LogP) is 3.67. The number of rotatable bonds is 5. The Bertz CT molecular complexity index is 1070. The van der Waals surface area contributed by atoms with E-state index in [2.05, 4.69) is 0 Å². The van der Waals surface area contributed by atoms with E-state index in [9.17, 15) is 14.9 Å². The molecule has 2 aromatic carbocycles. The third kappa shape index (κ3) is 3.33. The predicted molar refractivity (Wildman–Crippen MR) is 108 cm³/mol. The molecule has 0 saturated heterocycles. The number of carbonyl (C=O) groups is 1. The molecule has 0 N–H and O–H groups in total. The summed E-state index contributed by atoms with van der Waals surface area (Å²) >= 11 is 0. The molecule has 7 heteroatoms. The van der Waals surface area contributed by atoms with Gasteiger partial charge in [0.1, 0.15) is 5.75 Å². The molecule has 4 rings (SSSR count). The first-order valence-electron chi connectivity index (χ1n) is 9.60. The van der Waals surface area contributed by atoms with Crippen molar-refractivity contribution in [1.82, 2.24) is 4.57 Å². The number of hydrogen-bond acceptors (Lipinski definition) is 5. The summed E-state index contributed by atoms with van der Waals surface area (Å²) in [7, 11) is 1.92. The second-order valence-electron chi connectivity index (χ2n) is 7.17. The molecule has 0 fully saturated rings. The minimum absolute atomic E-state index is 0.172. The average Bonchev–Trinajstić information content (AvgIpc) is 3.03. The number of carbonyl (C=O) groups excluding carboxylic acids is 1. The van der Waals surface area contributed by atoms with Crippen molar-refractivity contribution in [3.63, 3.8) is 0 Å². The number of benzene rings is 2. The van der Waals surface area contributed by atoms with Crippen LogP contribution >= 0.6 is 0 Å². The summed E-state index contributed by atoms with van der Waals surface area (Å²) in [5.41, 5.74) is 2.61. The highest BCUT2D eigenvalue weighted by atomic mass is 16.6. The van der Waals surface area contributed by atoms with Crippen molar-refractivity contribution in [2.24, 2.45) is 7.05 Å². The smallest absolute Gasteiger partial charge is 0.309 e. The molecule has 1 aliphatic rings. The van der Waals surface area contributed by atoms with Gasteiger partial charge < -0.3 is 14.0 Å². The average molecular weight is 394 g/mol. The highest BCUT2D eigenvalue weighted by Gasteiger charge is 2.49. The third-order valence-corrected chi connectivity index (χ3v) is 5.43. The van der Waals surface area contributed by atoms with Crippen LogP contribution in [0.1, 0.15) is 30.4 Å². The molecule has 0 radical (unpaired) electrons. The number of aromatic nitrogens is 1. The van der Waals surface area contributed by atoms with Gasteiger partial charge in [-0.25, -0.2) is 0 Å². The quantitative estimate of drug-likeness (QED) is 0.375. The van der Waals surface area contributed by atoms with Gasteiger partial charge in [0.2, 0.25) is 0 Å². The van der Waals surface area contributed by atoms with Crippen molar-refractivity contribution in [1.29, 1.82) is 0 Å². The normalized spacial score (nSPS) is 20.7. The van der Waals surface area contributed by atoms with E-state index in [4.69, 9.17) is 9.47 Å². The molecule has 0 spiro atoms. The van der Waals surface area contributed by atoms with Crippen LogP contribution in [0.5, 0.6) is 5.75 Å². The molecule has 29 heavy (non-hydrogen) atoms. The lowest BCUT2D eigenvalue weighted by molar-refractivity contribution is -0.537. The van der Waals surface area contributed by atoms with Gasteiger partial charge in [0.15, 0.2) is 6.10 Å². The number of esters is 1. The minimum atomic E-state index is -1.11. The lowest BCUT2D eigenvalue weighted by Gasteiger charge is -2.34. The van der Waals surface area contributed by atoms with Gasteiger partial charge in [0, 0.05) is 34.6 Å². The van der Waals surface area contributed by atoms with Crippen LogP contribution in [-0.2, 0) is 16.6 Å². The standard InChI is InChI=1S/C22H22N2O5/c1-3-28-20(25)12-19-22(24(26)27)21(15-9-5-7-11-18(15)29-19)16-13-23(2)17-10-6-4-8-14(16)17/h4-11,13,19,21-22H,3,12H2,1-2H3/t19-,21+,22-/m0/s1. The fraction of sp³-hybridized carbons (Fsp3) is 0.318. The molecule has 3 atom stereocenters. The van der Waals surface area contributed by atoms with E-state index in [1.165, 1.54) is 0 Å². The monoisotopic (exact) mass is 394 g/mol. The van der Waals surface area contributed by atoms with E-state index < -0.39 is 24.0 Å². The Balaban J connectivity index is 1.88. The van der Waals surface area contributed by atoms with Crippen LogP contribution in [0.4, 0.5) is 0 Å². The van der Waals surface area contributed by atoms with Crippen LogP contribution in [0.25, 0.3) is 10.9 Å². The van der Waals surface area contributed by atoms with Crippen LogP contribution in [-0.4, -0.2) is 34.2 Å². The van der Waals surface area contributed by atoms with Crippen LogP contribution in [0, 0.1) is 10.1 Å². The van der Waals surface area contributed by atoms with E-state index >= 15 is 0 Å². The molecule has 150 valence electrons. The van der Waals surface area contributed by atoms with Gasteiger partial charge in [-0.2, -0.15) is 0 Å². The maximum Gasteiger partial charge on any atom is 0.309 e. The number of hydrogen-bond donors (Lipinski definition) is 0. The van der Waals surface area contributed by atoms with Gasteiger partial charge >= 0.3 is 5.97 Å². The Morgan fingerprint density at radius 2 is 1.90 bits per heavy atom. The summed E-state index contributed by atoms with van der Waals surface area (Å²) in [6.45, 7) is 1.93. The fourth-order valence-electron chi connectivity index (χ4n) is 4.25. The topological polar surface area (TPSA) is 83.6 Å². The number of aryl methyl sites for hydroxylation is 1.